The van der Waals surface area contributed by atoms with Crippen LogP contribution in [0.2, 0.25) is 0 Å². The van der Waals surface area contributed by atoms with E-state index in [4.69, 9.17) is 14.6 Å². The standard InChI is InChI=1S/C13H13F3O4/c1-19-6-7-20-11-4-2-9(3-5-12(17)18)8-10(11)13(14,15)16/h2-5,8H,6-7H2,1H3,(H,17,18)/b5-3+. The average molecular weight is 290 g/mol. The summed E-state index contributed by atoms with van der Waals surface area (Å²) in [5, 5.41) is 8.45. The van der Waals surface area contributed by atoms with Crippen LogP contribution >= 0.6 is 0 Å². The number of methoxy groups -OCH3 is 1. The minimum atomic E-state index is -4.59. The Morgan fingerprint density at radius 3 is 2.60 bits per heavy atom. The van der Waals surface area contributed by atoms with Gasteiger partial charge in [0.1, 0.15) is 12.4 Å². The number of halogens is 3. The van der Waals surface area contributed by atoms with Gasteiger partial charge >= 0.3 is 12.1 Å². The molecule has 7 heteroatoms. The lowest BCUT2D eigenvalue weighted by atomic mass is 10.1. The van der Waals surface area contributed by atoms with E-state index in [2.05, 4.69) is 0 Å². The number of carboxylic acids is 1. The molecule has 110 valence electrons. The molecule has 0 fully saturated rings. The molecule has 4 nitrogen and oxygen atoms in total. The third kappa shape index (κ3) is 4.93. The molecule has 0 radical (unpaired) electrons. The molecule has 0 aromatic heterocycles. The number of carboxylic acid groups (broad SMARTS) is 1. The fourth-order valence-corrected chi connectivity index (χ4v) is 1.40. The van der Waals surface area contributed by atoms with Crippen LogP contribution < -0.4 is 4.74 Å². The van der Waals surface area contributed by atoms with Crippen LogP contribution in [0.25, 0.3) is 6.08 Å². The van der Waals surface area contributed by atoms with Crippen molar-refractivity contribution >= 4 is 12.0 Å². The van der Waals surface area contributed by atoms with Gasteiger partial charge in [-0.3, -0.25) is 0 Å². The Morgan fingerprint density at radius 1 is 1.35 bits per heavy atom. The molecule has 1 aromatic carbocycles. The first-order chi connectivity index (χ1) is 9.34. The monoisotopic (exact) mass is 290 g/mol. The number of hydrogen-bond donors (Lipinski definition) is 1. The second-order valence-corrected chi connectivity index (χ2v) is 3.77. The molecule has 0 saturated heterocycles. The topological polar surface area (TPSA) is 55.8 Å². The predicted molar refractivity (Wildman–Crippen MR) is 65.5 cm³/mol. The molecule has 20 heavy (non-hydrogen) atoms. The molecule has 1 N–H and O–H groups in total. The number of carbonyl (C=O) groups is 1. The zero-order valence-electron chi connectivity index (χ0n) is 10.6. The van der Waals surface area contributed by atoms with Gasteiger partial charge in [0.2, 0.25) is 0 Å². The van der Waals surface area contributed by atoms with Crippen molar-refractivity contribution in [2.45, 2.75) is 6.18 Å². The Bertz CT molecular complexity index is 495. The van der Waals surface area contributed by atoms with Crippen molar-refractivity contribution < 1.29 is 32.5 Å². The second-order valence-electron chi connectivity index (χ2n) is 3.77. The van der Waals surface area contributed by atoms with E-state index in [-0.39, 0.29) is 24.5 Å². The molecule has 0 spiro atoms. The molecule has 1 aromatic rings. The summed E-state index contributed by atoms with van der Waals surface area (Å²) in [6, 6.07) is 3.33. The second kappa shape index (κ2) is 6.95. The summed E-state index contributed by atoms with van der Waals surface area (Å²) in [6.07, 6.45) is -2.74. The van der Waals surface area contributed by atoms with Gasteiger partial charge in [-0.25, -0.2) is 4.79 Å². The molecule has 1 rings (SSSR count). The molecule has 0 aliphatic rings. The quantitative estimate of drug-likeness (QED) is 0.646. The first-order valence-corrected chi connectivity index (χ1v) is 5.58. The number of aliphatic carboxylic acids is 1. The maximum absolute atomic E-state index is 12.9. The fourth-order valence-electron chi connectivity index (χ4n) is 1.40. The summed E-state index contributed by atoms with van der Waals surface area (Å²) in [6.45, 7) is 0.155. The lowest BCUT2D eigenvalue weighted by Gasteiger charge is -2.14. The molecule has 0 bridgehead atoms. The van der Waals surface area contributed by atoms with Crippen molar-refractivity contribution in [2.75, 3.05) is 20.3 Å². The van der Waals surface area contributed by atoms with E-state index >= 15 is 0 Å². The van der Waals surface area contributed by atoms with Crippen molar-refractivity contribution in [3.8, 4) is 5.75 Å². The van der Waals surface area contributed by atoms with Gasteiger partial charge in [-0.05, 0) is 23.8 Å². The fraction of sp³-hybridized carbons (Fsp3) is 0.308. The zero-order chi connectivity index (χ0) is 15.2. The van der Waals surface area contributed by atoms with E-state index in [1.807, 2.05) is 0 Å². The van der Waals surface area contributed by atoms with Crippen LogP contribution in [-0.2, 0) is 15.7 Å². The normalized spacial score (nSPS) is 11.8. The van der Waals surface area contributed by atoms with E-state index < -0.39 is 17.7 Å². The largest absolute Gasteiger partial charge is 0.491 e. The van der Waals surface area contributed by atoms with E-state index in [0.29, 0.717) is 0 Å². The summed E-state index contributed by atoms with van der Waals surface area (Å²) in [7, 11) is 1.41. The Balaban J connectivity index is 3.04. The first kappa shape index (κ1) is 16.0. The third-order valence-electron chi connectivity index (χ3n) is 2.27. The van der Waals surface area contributed by atoms with Crippen LogP contribution in [0.3, 0.4) is 0 Å². The van der Waals surface area contributed by atoms with Gasteiger partial charge in [0, 0.05) is 13.2 Å². The SMILES string of the molecule is COCCOc1ccc(/C=C/C(=O)O)cc1C(F)(F)F. The smallest absolute Gasteiger partial charge is 0.419 e. The average Bonchev–Trinajstić information content (AvgIpc) is 2.36. The number of rotatable bonds is 6. The van der Waals surface area contributed by atoms with E-state index in [1.165, 1.54) is 13.2 Å². The summed E-state index contributed by atoms with van der Waals surface area (Å²) in [4.78, 5) is 10.3. The lowest BCUT2D eigenvalue weighted by Crippen LogP contribution is -2.11. The lowest BCUT2D eigenvalue weighted by molar-refractivity contribution is -0.139. The van der Waals surface area contributed by atoms with Crippen LogP contribution in [0.15, 0.2) is 24.3 Å². The molecular formula is C13H13F3O4. The molecule has 0 heterocycles. The van der Waals surface area contributed by atoms with Gasteiger partial charge < -0.3 is 14.6 Å². The van der Waals surface area contributed by atoms with Crippen LogP contribution in [0.1, 0.15) is 11.1 Å². The Kier molecular flexibility index (Phi) is 5.57. The highest BCUT2D eigenvalue weighted by Crippen LogP contribution is 2.37. The van der Waals surface area contributed by atoms with Crippen LogP contribution in [0.4, 0.5) is 13.2 Å². The highest BCUT2D eigenvalue weighted by molar-refractivity contribution is 5.85. The minimum absolute atomic E-state index is 0.0100. The molecule has 0 saturated carbocycles. The van der Waals surface area contributed by atoms with Crippen LogP contribution in [0, 0.1) is 0 Å². The third-order valence-corrected chi connectivity index (χ3v) is 2.27. The minimum Gasteiger partial charge on any atom is -0.491 e. The zero-order valence-corrected chi connectivity index (χ0v) is 10.6. The molecule has 0 unspecified atom stereocenters. The number of alkyl halides is 3. The maximum Gasteiger partial charge on any atom is 0.419 e. The summed E-state index contributed by atoms with van der Waals surface area (Å²) in [5.74, 6) is -1.55. The Hall–Kier alpha value is -2.02. The van der Waals surface area contributed by atoms with E-state index in [9.17, 15) is 18.0 Å². The van der Waals surface area contributed by atoms with Crippen molar-refractivity contribution in [1.82, 2.24) is 0 Å². The van der Waals surface area contributed by atoms with Gasteiger partial charge in [-0.15, -0.1) is 0 Å². The predicted octanol–water partition coefficient (Wildman–Crippen LogP) is 2.83. The van der Waals surface area contributed by atoms with Crippen LogP contribution in [-0.4, -0.2) is 31.4 Å². The van der Waals surface area contributed by atoms with Crippen LogP contribution in [0.5, 0.6) is 5.75 Å². The molecule has 0 amide bonds. The van der Waals surface area contributed by atoms with Gasteiger partial charge in [0.25, 0.3) is 0 Å². The number of ether oxygens (including phenoxy) is 2. The summed E-state index contributed by atoms with van der Waals surface area (Å²) >= 11 is 0. The molecule has 0 atom stereocenters. The highest BCUT2D eigenvalue weighted by atomic mass is 19.4. The van der Waals surface area contributed by atoms with Crippen molar-refractivity contribution in [3.05, 3.63) is 35.4 Å². The van der Waals surface area contributed by atoms with E-state index in [1.54, 1.807) is 0 Å². The van der Waals surface area contributed by atoms with Gasteiger partial charge in [0.15, 0.2) is 0 Å². The molecule has 0 aliphatic carbocycles. The maximum atomic E-state index is 12.9. The van der Waals surface area contributed by atoms with Crippen molar-refractivity contribution in [2.24, 2.45) is 0 Å². The van der Waals surface area contributed by atoms with Gasteiger partial charge in [-0.2, -0.15) is 13.2 Å². The van der Waals surface area contributed by atoms with Gasteiger partial charge in [-0.1, -0.05) is 6.07 Å². The summed E-state index contributed by atoms with van der Waals surface area (Å²) < 4.78 is 48.3. The first-order valence-electron chi connectivity index (χ1n) is 5.58. The van der Waals surface area contributed by atoms with Gasteiger partial charge in [0.05, 0.1) is 12.2 Å². The van der Waals surface area contributed by atoms with Crippen molar-refractivity contribution in [3.63, 3.8) is 0 Å². The van der Waals surface area contributed by atoms with E-state index in [0.717, 1.165) is 24.3 Å². The Morgan fingerprint density at radius 2 is 2.05 bits per heavy atom. The highest BCUT2D eigenvalue weighted by Gasteiger charge is 2.34. The van der Waals surface area contributed by atoms with Crippen molar-refractivity contribution in [1.29, 1.82) is 0 Å². The summed E-state index contributed by atoms with van der Waals surface area (Å²) in [5.41, 5.74) is -0.833. The molecule has 0 aliphatic heterocycles. The number of benzene rings is 1. The number of hydrogen-bond acceptors (Lipinski definition) is 3. The Labute approximate surface area is 113 Å². The molecular weight excluding hydrogens is 277 g/mol.